The van der Waals surface area contributed by atoms with Crippen molar-refractivity contribution < 1.29 is 25.2 Å². The van der Waals surface area contributed by atoms with Gasteiger partial charge in [-0.1, -0.05) is 42.5 Å². The summed E-state index contributed by atoms with van der Waals surface area (Å²) in [4.78, 5) is 1.95. The van der Waals surface area contributed by atoms with E-state index in [1.165, 1.54) is 0 Å². The van der Waals surface area contributed by atoms with Gasteiger partial charge in [-0.25, -0.2) is 0 Å². The van der Waals surface area contributed by atoms with Gasteiger partial charge in [-0.05, 0) is 85.3 Å². The van der Waals surface area contributed by atoms with Gasteiger partial charge in [0.05, 0.1) is 6.61 Å². The quantitative estimate of drug-likeness (QED) is 0.286. The minimum atomic E-state index is 0.0414. The minimum Gasteiger partial charge on any atom is -0.507 e. The summed E-state index contributed by atoms with van der Waals surface area (Å²) in [7, 11) is 1.90. The second kappa shape index (κ2) is 11.2. The molecule has 0 saturated heterocycles. The van der Waals surface area contributed by atoms with Crippen LogP contribution in [0.1, 0.15) is 27.8 Å². The SMILES string of the molecule is CN(CCO)Cc1ccc2c(c1O)-c1ccc(cc1O)CCc1ccc(O)c(c1)Oc1ccc(cc1)CC2. The second-order valence-electron chi connectivity index (χ2n) is 9.97. The van der Waals surface area contributed by atoms with Crippen molar-refractivity contribution in [3.63, 3.8) is 0 Å². The third kappa shape index (κ3) is 5.62. The van der Waals surface area contributed by atoms with Crippen LogP contribution in [0, 0.1) is 0 Å². The topological polar surface area (TPSA) is 93.4 Å². The number of phenolic OH excluding ortho intramolecular Hbond substituents is 3. The largest absolute Gasteiger partial charge is 0.507 e. The lowest BCUT2D eigenvalue weighted by atomic mass is 9.90. The number of likely N-dealkylation sites (N-methyl/N-ethyl adjacent to an activating group) is 1. The third-order valence-corrected chi connectivity index (χ3v) is 7.16. The zero-order valence-corrected chi connectivity index (χ0v) is 21.5. The summed E-state index contributed by atoms with van der Waals surface area (Å²) in [5.41, 5.74) is 6.03. The summed E-state index contributed by atoms with van der Waals surface area (Å²) in [6.07, 6.45) is 2.80. The first-order valence-electron chi connectivity index (χ1n) is 13.0. The molecular formula is C32H33NO5. The molecule has 0 amide bonds. The molecule has 0 unspecified atom stereocenters. The average Bonchev–Trinajstić information content (AvgIpc) is 2.90. The zero-order chi connectivity index (χ0) is 26.6. The first-order valence-corrected chi connectivity index (χ1v) is 13.0. The number of aliphatic hydroxyl groups excluding tert-OH is 1. The Bertz CT molecular complexity index is 1430. The molecule has 6 bridgehead atoms. The fourth-order valence-corrected chi connectivity index (χ4v) is 5.01. The van der Waals surface area contributed by atoms with Gasteiger partial charge in [-0.3, -0.25) is 4.90 Å². The monoisotopic (exact) mass is 511 g/mol. The summed E-state index contributed by atoms with van der Waals surface area (Å²) in [6.45, 7) is 1.02. The molecule has 4 aromatic rings. The molecule has 0 aromatic heterocycles. The molecule has 0 radical (unpaired) electrons. The van der Waals surface area contributed by atoms with Crippen molar-refractivity contribution in [2.24, 2.45) is 0 Å². The van der Waals surface area contributed by atoms with Gasteiger partial charge in [0.2, 0.25) is 0 Å². The molecule has 4 aliphatic heterocycles. The van der Waals surface area contributed by atoms with E-state index in [0.29, 0.717) is 55.0 Å². The zero-order valence-electron chi connectivity index (χ0n) is 21.5. The Morgan fingerprint density at radius 1 is 0.737 bits per heavy atom. The second-order valence-corrected chi connectivity index (χ2v) is 9.97. The summed E-state index contributed by atoms with van der Waals surface area (Å²) in [5, 5.41) is 42.1. The van der Waals surface area contributed by atoms with E-state index in [-0.39, 0.29) is 23.9 Å². The fraction of sp³-hybridized carbons (Fsp3) is 0.250. The molecular weight excluding hydrogens is 478 g/mol. The Balaban J connectivity index is 1.58. The lowest BCUT2D eigenvalue weighted by molar-refractivity contribution is 0.216. The van der Waals surface area contributed by atoms with E-state index >= 15 is 0 Å². The Labute approximate surface area is 223 Å². The van der Waals surface area contributed by atoms with E-state index in [4.69, 9.17) is 4.74 Å². The van der Waals surface area contributed by atoms with Crippen LogP contribution in [0.4, 0.5) is 0 Å². The molecule has 8 rings (SSSR count). The van der Waals surface area contributed by atoms with Crippen LogP contribution in [0.3, 0.4) is 0 Å². The van der Waals surface area contributed by atoms with Crippen LogP contribution in [0.5, 0.6) is 28.7 Å². The number of hydrogen-bond acceptors (Lipinski definition) is 6. The van der Waals surface area contributed by atoms with E-state index in [0.717, 1.165) is 34.2 Å². The van der Waals surface area contributed by atoms with Crippen molar-refractivity contribution in [3.8, 4) is 39.9 Å². The number of aromatic hydroxyl groups is 3. The van der Waals surface area contributed by atoms with Crippen LogP contribution in [0.25, 0.3) is 11.1 Å². The van der Waals surface area contributed by atoms with E-state index in [1.807, 2.05) is 72.6 Å². The molecule has 6 heteroatoms. The van der Waals surface area contributed by atoms with Crippen LogP contribution >= 0.6 is 0 Å². The molecule has 38 heavy (non-hydrogen) atoms. The van der Waals surface area contributed by atoms with E-state index in [1.54, 1.807) is 12.1 Å². The van der Waals surface area contributed by atoms with Crippen molar-refractivity contribution in [2.75, 3.05) is 20.2 Å². The van der Waals surface area contributed by atoms with Crippen LogP contribution in [-0.4, -0.2) is 45.5 Å². The third-order valence-electron chi connectivity index (χ3n) is 7.16. The predicted octanol–water partition coefficient (Wildman–Crippen LogP) is 5.57. The number of phenols is 3. The highest BCUT2D eigenvalue weighted by molar-refractivity contribution is 5.80. The van der Waals surface area contributed by atoms with Crippen LogP contribution in [0.2, 0.25) is 0 Å². The summed E-state index contributed by atoms with van der Waals surface area (Å²) >= 11 is 0. The maximum absolute atomic E-state index is 11.4. The standard InChI is InChI=1S/C32H33NO5/c1-33(16-17-34)20-25-11-10-24-9-4-21-5-12-26(13-6-21)38-30-19-23(8-15-28(30)35)3-2-22-7-14-27(29(36)18-22)31(24)32(25)37/h5-8,10-15,18-19,34-37H,2-4,9,16-17,20H2,1H3. The number of aliphatic hydroxyl groups is 1. The maximum Gasteiger partial charge on any atom is 0.169 e. The van der Waals surface area contributed by atoms with Crippen LogP contribution in [-0.2, 0) is 32.2 Å². The van der Waals surface area contributed by atoms with Crippen molar-refractivity contribution >= 4 is 0 Å². The maximum atomic E-state index is 11.4. The van der Waals surface area contributed by atoms with Gasteiger partial charge in [0, 0.05) is 29.8 Å². The van der Waals surface area contributed by atoms with Gasteiger partial charge in [0.25, 0.3) is 0 Å². The highest BCUT2D eigenvalue weighted by Gasteiger charge is 2.19. The lowest BCUT2D eigenvalue weighted by Crippen LogP contribution is -2.21. The number of hydrogen-bond donors (Lipinski definition) is 4. The smallest absolute Gasteiger partial charge is 0.169 e. The molecule has 196 valence electrons. The number of rotatable bonds is 4. The van der Waals surface area contributed by atoms with Gasteiger partial charge in [0.1, 0.15) is 17.2 Å². The fourth-order valence-electron chi connectivity index (χ4n) is 5.01. The van der Waals surface area contributed by atoms with Crippen molar-refractivity contribution in [2.45, 2.75) is 32.2 Å². The highest BCUT2D eigenvalue weighted by atomic mass is 16.5. The predicted molar refractivity (Wildman–Crippen MR) is 148 cm³/mol. The molecule has 0 spiro atoms. The Morgan fingerprint density at radius 3 is 2.16 bits per heavy atom. The van der Waals surface area contributed by atoms with Gasteiger partial charge in [-0.15, -0.1) is 0 Å². The molecule has 4 N–H and O–H groups in total. The first-order chi connectivity index (χ1) is 18.4. The Hall–Kier alpha value is -4.00. The number of ether oxygens (including phenoxy) is 1. The Kier molecular flexibility index (Phi) is 7.54. The number of benzene rings is 4. The normalized spacial score (nSPS) is 13.1. The van der Waals surface area contributed by atoms with Crippen molar-refractivity contribution in [1.29, 1.82) is 0 Å². The molecule has 4 heterocycles. The molecule has 0 aliphatic carbocycles. The molecule has 0 saturated carbocycles. The molecule has 0 fully saturated rings. The van der Waals surface area contributed by atoms with E-state index < -0.39 is 0 Å². The minimum absolute atomic E-state index is 0.0414. The Morgan fingerprint density at radius 2 is 1.42 bits per heavy atom. The van der Waals surface area contributed by atoms with Gasteiger partial charge in [-0.2, -0.15) is 0 Å². The average molecular weight is 512 g/mol. The summed E-state index contributed by atoms with van der Waals surface area (Å²) < 4.78 is 5.98. The molecule has 0 atom stereocenters. The lowest BCUT2D eigenvalue weighted by Gasteiger charge is -2.20. The summed E-state index contributed by atoms with van der Waals surface area (Å²) in [6, 6.07) is 22.8. The van der Waals surface area contributed by atoms with Crippen molar-refractivity contribution in [1.82, 2.24) is 4.90 Å². The van der Waals surface area contributed by atoms with Crippen LogP contribution in [0.15, 0.2) is 72.8 Å². The highest BCUT2D eigenvalue weighted by Crippen LogP contribution is 2.41. The molecule has 4 aromatic carbocycles. The van der Waals surface area contributed by atoms with Gasteiger partial charge in [0.15, 0.2) is 11.5 Å². The molecule has 4 aliphatic rings. The summed E-state index contributed by atoms with van der Waals surface area (Å²) in [5.74, 6) is 1.44. The number of aryl methyl sites for hydroxylation is 4. The van der Waals surface area contributed by atoms with Gasteiger partial charge >= 0.3 is 0 Å². The van der Waals surface area contributed by atoms with Gasteiger partial charge < -0.3 is 25.2 Å². The van der Waals surface area contributed by atoms with Crippen LogP contribution < -0.4 is 4.74 Å². The first kappa shape index (κ1) is 25.6. The molecule has 6 nitrogen and oxygen atoms in total. The van der Waals surface area contributed by atoms with E-state index in [2.05, 4.69) is 0 Å². The van der Waals surface area contributed by atoms with Crippen molar-refractivity contribution in [3.05, 3.63) is 101 Å². The van der Waals surface area contributed by atoms with E-state index in [9.17, 15) is 20.4 Å². The number of nitrogens with zero attached hydrogens (tertiary/aromatic N) is 1.